The molecule has 0 aliphatic rings. The summed E-state index contributed by atoms with van der Waals surface area (Å²) >= 11 is 1.62. The van der Waals surface area contributed by atoms with Gasteiger partial charge >= 0.3 is 0 Å². The van der Waals surface area contributed by atoms with Crippen LogP contribution in [0.2, 0.25) is 0 Å². The van der Waals surface area contributed by atoms with E-state index in [0.717, 1.165) is 27.6 Å². The Kier molecular flexibility index (Phi) is 3.54. The van der Waals surface area contributed by atoms with Crippen molar-refractivity contribution < 1.29 is 4.39 Å². The normalized spacial score (nSPS) is 12.7. The van der Waals surface area contributed by atoms with E-state index in [1.807, 2.05) is 13.8 Å². The molecule has 0 saturated heterocycles. The van der Waals surface area contributed by atoms with Gasteiger partial charge in [0.1, 0.15) is 10.8 Å². The molecule has 2 N–H and O–H groups in total. The van der Waals surface area contributed by atoms with Crippen molar-refractivity contribution in [1.82, 2.24) is 4.98 Å². The molecule has 1 aromatic carbocycles. The number of halogens is 1. The third kappa shape index (κ3) is 2.53. The molecule has 1 unspecified atom stereocenters. The summed E-state index contributed by atoms with van der Waals surface area (Å²) in [6.45, 7) is 4.06. The van der Waals surface area contributed by atoms with Crippen molar-refractivity contribution in [3.05, 3.63) is 40.0 Å². The SMILES string of the molecule is CCC(N)c1nc(-c2ccc(F)cc2)c(C)s1. The Bertz CT molecular complexity index is 505. The lowest BCUT2D eigenvalue weighted by Gasteiger charge is -2.02. The van der Waals surface area contributed by atoms with Crippen LogP contribution in [-0.2, 0) is 0 Å². The average molecular weight is 250 g/mol. The maximum atomic E-state index is 12.9. The predicted molar refractivity (Wildman–Crippen MR) is 69.5 cm³/mol. The molecular weight excluding hydrogens is 235 g/mol. The number of thiazole rings is 1. The molecule has 90 valence electrons. The summed E-state index contributed by atoms with van der Waals surface area (Å²) in [4.78, 5) is 5.67. The van der Waals surface area contributed by atoms with Gasteiger partial charge in [0.25, 0.3) is 0 Å². The maximum absolute atomic E-state index is 12.9. The Balaban J connectivity index is 2.39. The highest BCUT2D eigenvalue weighted by atomic mass is 32.1. The molecule has 0 bridgehead atoms. The van der Waals surface area contributed by atoms with E-state index in [0.29, 0.717) is 0 Å². The molecule has 0 spiro atoms. The lowest BCUT2D eigenvalue weighted by Crippen LogP contribution is -2.07. The van der Waals surface area contributed by atoms with Crippen molar-refractivity contribution >= 4 is 11.3 Å². The molecule has 1 atom stereocenters. The van der Waals surface area contributed by atoms with Crippen molar-refractivity contribution in [2.45, 2.75) is 26.3 Å². The van der Waals surface area contributed by atoms with E-state index < -0.39 is 0 Å². The zero-order valence-electron chi connectivity index (χ0n) is 9.90. The Hall–Kier alpha value is -1.26. The average Bonchev–Trinajstić information content (AvgIpc) is 2.71. The van der Waals surface area contributed by atoms with Gasteiger partial charge in [-0.3, -0.25) is 0 Å². The van der Waals surface area contributed by atoms with Crippen LogP contribution in [0.4, 0.5) is 4.39 Å². The van der Waals surface area contributed by atoms with Crippen LogP contribution in [0.15, 0.2) is 24.3 Å². The Morgan fingerprint density at radius 1 is 1.35 bits per heavy atom. The fraction of sp³-hybridized carbons (Fsp3) is 0.308. The lowest BCUT2D eigenvalue weighted by molar-refractivity contribution is 0.628. The number of rotatable bonds is 3. The second-order valence-electron chi connectivity index (χ2n) is 3.98. The molecule has 2 nitrogen and oxygen atoms in total. The fourth-order valence-corrected chi connectivity index (χ4v) is 2.65. The molecule has 0 aliphatic heterocycles. The van der Waals surface area contributed by atoms with Gasteiger partial charge in [0.05, 0.1) is 11.7 Å². The van der Waals surface area contributed by atoms with Gasteiger partial charge in [0.15, 0.2) is 0 Å². The van der Waals surface area contributed by atoms with E-state index in [2.05, 4.69) is 4.98 Å². The minimum absolute atomic E-state index is 0.00658. The van der Waals surface area contributed by atoms with Gasteiger partial charge < -0.3 is 5.73 Å². The van der Waals surface area contributed by atoms with Crippen LogP contribution in [0.5, 0.6) is 0 Å². The largest absolute Gasteiger partial charge is 0.322 e. The number of aromatic nitrogens is 1. The Morgan fingerprint density at radius 3 is 2.59 bits per heavy atom. The molecular formula is C13H15FN2S. The van der Waals surface area contributed by atoms with Crippen molar-refractivity contribution in [3.8, 4) is 11.3 Å². The number of benzene rings is 1. The van der Waals surface area contributed by atoms with E-state index in [-0.39, 0.29) is 11.9 Å². The van der Waals surface area contributed by atoms with E-state index >= 15 is 0 Å². The molecule has 2 aromatic rings. The summed E-state index contributed by atoms with van der Waals surface area (Å²) in [6, 6.07) is 6.39. The second-order valence-corrected chi connectivity index (χ2v) is 5.21. The molecule has 17 heavy (non-hydrogen) atoms. The third-order valence-electron chi connectivity index (χ3n) is 2.69. The standard InChI is InChI=1S/C13H15FN2S/c1-3-11(15)13-16-12(8(2)17-13)9-4-6-10(14)7-5-9/h4-7,11H,3,15H2,1-2H3. The summed E-state index contributed by atoms with van der Waals surface area (Å²) in [7, 11) is 0. The zero-order chi connectivity index (χ0) is 12.4. The second kappa shape index (κ2) is 4.94. The summed E-state index contributed by atoms with van der Waals surface area (Å²) in [5.41, 5.74) is 7.82. The molecule has 0 amide bonds. The summed E-state index contributed by atoms with van der Waals surface area (Å²) in [6.07, 6.45) is 0.871. The summed E-state index contributed by atoms with van der Waals surface area (Å²) in [5, 5.41) is 0.948. The van der Waals surface area contributed by atoms with Crippen molar-refractivity contribution in [2.75, 3.05) is 0 Å². The molecule has 0 saturated carbocycles. The van der Waals surface area contributed by atoms with Crippen LogP contribution in [0.3, 0.4) is 0 Å². The topological polar surface area (TPSA) is 38.9 Å². The Morgan fingerprint density at radius 2 is 2.00 bits per heavy atom. The van der Waals surface area contributed by atoms with Gasteiger partial charge in [-0.2, -0.15) is 0 Å². The highest BCUT2D eigenvalue weighted by Crippen LogP contribution is 2.30. The highest BCUT2D eigenvalue weighted by molar-refractivity contribution is 7.12. The van der Waals surface area contributed by atoms with Gasteiger partial charge in [-0.05, 0) is 37.6 Å². The van der Waals surface area contributed by atoms with Crippen molar-refractivity contribution in [1.29, 1.82) is 0 Å². The van der Waals surface area contributed by atoms with Crippen LogP contribution in [0.1, 0.15) is 29.3 Å². The van der Waals surface area contributed by atoms with E-state index in [1.54, 1.807) is 23.5 Å². The van der Waals surface area contributed by atoms with Gasteiger partial charge in [-0.1, -0.05) is 6.92 Å². The van der Waals surface area contributed by atoms with Crippen molar-refractivity contribution in [2.24, 2.45) is 5.73 Å². The van der Waals surface area contributed by atoms with Gasteiger partial charge in [-0.25, -0.2) is 9.37 Å². The first-order valence-corrected chi connectivity index (χ1v) is 6.42. The third-order valence-corrected chi connectivity index (χ3v) is 3.79. The van der Waals surface area contributed by atoms with Gasteiger partial charge in [0.2, 0.25) is 0 Å². The first-order valence-electron chi connectivity index (χ1n) is 5.60. The molecule has 0 fully saturated rings. The first kappa shape index (κ1) is 12.2. The number of nitrogens with two attached hydrogens (primary N) is 1. The molecule has 4 heteroatoms. The minimum Gasteiger partial charge on any atom is -0.322 e. The first-order chi connectivity index (χ1) is 8.11. The number of hydrogen-bond acceptors (Lipinski definition) is 3. The fourth-order valence-electron chi connectivity index (χ4n) is 1.63. The van der Waals surface area contributed by atoms with Crippen molar-refractivity contribution in [3.63, 3.8) is 0 Å². The molecule has 0 radical (unpaired) electrons. The molecule has 1 aromatic heterocycles. The van der Waals surface area contributed by atoms with Crippen LogP contribution in [0.25, 0.3) is 11.3 Å². The van der Waals surface area contributed by atoms with Gasteiger partial charge in [-0.15, -0.1) is 11.3 Å². The van der Waals surface area contributed by atoms with E-state index in [4.69, 9.17) is 5.73 Å². The van der Waals surface area contributed by atoms with Crippen LogP contribution in [0, 0.1) is 12.7 Å². The summed E-state index contributed by atoms with van der Waals surface area (Å²) in [5.74, 6) is -0.230. The number of nitrogens with zero attached hydrogens (tertiary/aromatic N) is 1. The minimum atomic E-state index is -0.230. The highest BCUT2D eigenvalue weighted by Gasteiger charge is 2.13. The molecule has 1 heterocycles. The monoisotopic (exact) mass is 250 g/mol. The smallest absolute Gasteiger partial charge is 0.123 e. The quantitative estimate of drug-likeness (QED) is 0.902. The Labute approximate surface area is 104 Å². The van der Waals surface area contributed by atoms with Crippen LogP contribution < -0.4 is 5.73 Å². The number of aryl methyl sites for hydroxylation is 1. The lowest BCUT2D eigenvalue weighted by atomic mass is 10.1. The van der Waals surface area contributed by atoms with Crippen LogP contribution >= 0.6 is 11.3 Å². The predicted octanol–water partition coefficient (Wildman–Crippen LogP) is 3.67. The molecule has 0 aliphatic carbocycles. The van der Waals surface area contributed by atoms with E-state index in [1.165, 1.54) is 12.1 Å². The van der Waals surface area contributed by atoms with Crippen LogP contribution in [-0.4, -0.2) is 4.98 Å². The van der Waals surface area contributed by atoms with E-state index in [9.17, 15) is 4.39 Å². The zero-order valence-corrected chi connectivity index (χ0v) is 10.7. The van der Waals surface area contributed by atoms with Gasteiger partial charge in [0, 0.05) is 10.4 Å². The maximum Gasteiger partial charge on any atom is 0.123 e. The summed E-state index contributed by atoms with van der Waals surface area (Å²) < 4.78 is 12.9. The number of hydrogen-bond donors (Lipinski definition) is 1. The molecule has 2 rings (SSSR count).